The standard InChI is InChI=1S/C26H23NO5S/c1-16(18-7-9-19(10-8-18)26(29)30)27-25(28)24-21-12-13-32-15-23(21)33-22(24)11-6-17-4-3-5-20(14-17)31-2/h3-5,7-10,14,16H,12-13,15H2,1-2H3,(H,27,28)(H,29,30). The minimum atomic E-state index is -0.982. The highest BCUT2D eigenvalue weighted by atomic mass is 32.1. The number of benzene rings is 2. The molecule has 3 aromatic rings. The average molecular weight is 462 g/mol. The lowest BCUT2D eigenvalue weighted by Gasteiger charge is -2.17. The van der Waals surface area contributed by atoms with Gasteiger partial charge >= 0.3 is 5.97 Å². The molecule has 4 rings (SSSR count). The second-order valence-corrected chi connectivity index (χ2v) is 8.72. The number of rotatable bonds is 5. The topological polar surface area (TPSA) is 84.9 Å². The Kier molecular flexibility index (Phi) is 6.78. The fraction of sp³-hybridized carbons (Fsp3) is 0.231. The van der Waals surface area contributed by atoms with Crippen molar-refractivity contribution in [3.05, 3.63) is 86.1 Å². The summed E-state index contributed by atoms with van der Waals surface area (Å²) in [6, 6.07) is 13.7. The molecule has 168 valence electrons. The van der Waals surface area contributed by atoms with E-state index in [0.717, 1.165) is 27.3 Å². The molecule has 33 heavy (non-hydrogen) atoms. The van der Waals surface area contributed by atoms with E-state index >= 15 is 0 Å². The summed E-state index contributed by atoms with van der Waals surface area (Å²) in [4.78, 5) is 26.2. The lowest BCUT2D eigenvalue weighted by atomic mass is 10.0. The van der Waals surface area contributed by atoms with Gasteiger partial charge in [-0.1, -0.05) is 24.1 Å². The zero-order valence-corrected chi connectivity index (χ0v) is 19.1. The van der Waals surface area contributed by atoms with E-state index < -0.39 is 5.97 Å². The van der Waals surface area contributed by atoms with Crippen LogP contribution < -0.4 is 10.1 Å². The summed E-state index contributed by atoms with van der Waals surface area (Å²) in [5.74, 6) is 5.88. The third-order valence-electron chi connectivity index (χ3n) is 5.44. The number of aromatic carboxylic acids is 1. The normalized spacial score (nSPS) is 13.3. The van der Waals surface area contributed by atoms with Crippen LogP contribution in [-0.4, -0.2) is 30.7 Å². The van der Waals surface area contributed by atoms with Crippen LogP contribution in [0.5, 0.6) is 5.75 Å². The number of carboxylic acid groups (broad SMARTS) is 1. The van der Waals surface area contributed by atoms with E-state index in [4.69, 9.17) is 14.6 Å². The molecule has 1 aliphatic heterocycles. The molecule has 0 radical (unpaired) electrons. The van der Waals surface area contributed by atoms with Crippen molar-refractivity contribution in [1.29, 1.82) is 0 Å². The van der Waals surface area contributed by atoms with Crippen molar-refractivity contribution in [3.8, 4) is 17.6 Å². The summed E-state index contributed by atoms with van der Waals surface area (Å²) in [6.07, 6.45) is 0.664. The zero-order valence-electron chi connectivity index (χ0n) is 18.3. The molecule has 2 N–H and O–H groups in total. The van der Waals surface area contributed by atoms with Gasteiger partial charge in [0.15, 0.2) is 0 Å². The predicted octanol–water partition coefficient (Wildman–Crippen LogP) is 4.42. The van der Waals surface area contributed by atoms with Crippen LogP contribution in [0.15, 0.2) is 48.5 Å². The predicted molar refractivity (Wildman–Crippen MR) is 126 cm³/mol. The maximum atomic E-state index is 13.3. The molecule has 7 heteroatoms. The molecule has 0 spiro atoms. The van der Waals surface area contributed by atoms with Crippen LogP contribution in [0.3, 0.4) is 0 Å². The van der Waals surface area contributed by atoms with Gasteiger partial charge in [-0.15, -0.1) is 11.3 Å². The number of nitrogens with one attached hydrogen (secondary N) is 1. The van der Waals surface area contributed by atoms with Crippen molar-refractivity contribution in [2.24, 2.45) is 0 Å². The van der Waals surface area contributed by atoms with E-state index in [2.05, 4.69) is 17.2 Å². The molecule has 1 unspecified atom stereocenters. The first-order valence-corrected chi connectivity index (χ1v) is 11.3. The summed E-state index contributed by atoms with van der Waals surface area (Å²) in [5, 5.41) is 12.1. The Morgan fingerprint density at radius 2 is 1.97 bits per heavy atom. The number of carboxylic acids is 1. The second-order valence-electron chi connectivity index (χ2n) is 7.61. The third-order valence-corrected chi connectivity index (χ3v) is 6.56. The molecule has 2 heterocycles. The van der Waals surface area contributed by atoms with Crippen molar-refractivity contribution in [1.82, 2.24) is 5.32 Å². The Balaban J connectivity index is 1.62. The van der Waals surface area contributed by atoms with E-state index in [0.29, 0.717) is 30.1 Å². The molecule has 0 aliphatic carbocycles. The van der Waals surface area contributed by atoms with Gasteiger partial charge in [-0.2, -0.15) is 0 Å². The van der Waals surface area contributed by atoms with Gasteiger partial charge < -0.3 is 19.9 Å². The number of hydrogen-bond donors (Lipinski definition) is 2. The van der Waals surface area contributed by atoms with Crippen LogP contribution in [0.4, 0.5) is 0 Å². The molecule has 0 saturated carbocycles. The monoisotopic (exact) mass is 461 g/mol. The first kappa shape index (κ1) is 22.6. The minimum absolute atomic E-state index is 0.195. The van der Waals surface area contributed by atoms with E-state index in [1.54, 1.807) is 19.2 Å². The lowest BCUT2D eigenvalue weighted by molar-refractivity contribution is 0.0696. The third kappa shape index (κ3) is 5.08. The van der Waals surface area contributed by atoms with Crippen molar-refractivity contribution in [2.45, 2.75) is 26.0 Å². The van der Waals surface area contributed by atoms with Gasteiger partial charge in [-0.25, -0.2) is 4.79 Å². The Morgan fingerprint density at radius 3 is 2.70 bits per heavy atom. The first-order chi connectivity index (χ1) is 16.0. The number of thiophene rings is 1. The summed E-state index contributed by atoms with van der Waals surface area (Å²) < 4.78 is 10.8. The summed E-state index contributed by atoms with van der Waals surface area (Å²) in [5.41, 5.74) is 3.43. The minimum Gasteiger partial charge on any atom is -0.497 e. The molecule has 2 aromatic carbocycles. The van der Waals surface area contributed by atoms with Gasteiger partial charge in [0.05, 0.1) is 42.4 Å². The Bertz CT molecular complexity index is 1250. The highest BCUT2D eigenvalue weighted by Crippen LogP contribution is 2.32. The average Bonchev–Trinajstić information content (AvgIpc) is 3.21. The molecule has 1 atom stereocenters. The molecular weight excluding hydrogens is 438 g/mol. The quantitative estimate of drug-likeness (QED) is 0.550. The van der Waals surface area contributed by atoms with Crippen LogP contribution in [0.25, 0.3) is 0 Å². The lowest BCUT2D eigenvalue weighted by Crippen LogP contribution is -2.28. The zero-order chi connectivity index (χ0) is 23.4. The van der Waals surface area contributed by atoms with Gasteiger partial charge in [0.1, 0.15) is 5.75 Å². The fourth-order valence-corrected chi connectivity index (χ4v) is 4.79. The van der Waals surface area contributed by atoms with Crippen LogP contribution in [0.2, 0.25) is 0 Å². The maximum Gasteiger partial charge on any atom is 0.335 e. The van der Waals surface area contributed by atoms with E-state index in [1.165, 1.54) is 23.5 Å². The van der Waals surface area contributed by atoms with Crippen LogP contribution in [0, 0.1) is 11.8 Å². The molecule has 1 amide bonds. The van der Waals surface area contributed by atoms with Gasteiger partial charge in [0.2, 0.25) is 0 Å². The Hall–Kier alpha value is -3.60. The molecule has 6 nitrogen and oxygen atoms in total. The summed E-state index contributed by atoms with van der Waals surface area (Å²) in [6.45, 7) is 2.92. The molecule has 0 fully saturated rings. The highest BCUT2D eigenvalue weighted by molar-refractivity contribution is 7.13. The second kappa shape index (κ2) is 9.90. The SMILES string of the molecule is COc1cccc(C#Cc2sc3c(c2C(=O)NC(C)c2ccc(C(=O)O)cc2)CCOC3)c1. The van der Waals surface area contributed by atoms with Crippen molar-refractivity contribution in [2.75, 3.05) is 13.7 Å². The molecular formula is C26H23NO5S. The number of fused-ring (bicyclic) bond motifs is 1. The number of methoxy groups -OCH3 is 1. The first-order valence-electron chi connectivity index (χ1n) is 10.5. The van der Waals surface area contributed by atoms with Crippen LogP contribution in [-0.2, 0) is 17.8 Å². The number of carbonyl (C=O) groups excluding carboxylic acids is 1. The Labute approximate surface area is 196 Å². The Morgan fingerprint density at radius 1 is 1.18 bits per heavy atom. The van der Waals surface area contributed by atoms with E-state index in [-0.39, 0.29) is 17.5 Å². The summed E-state index contributed by atoms with van der Waals surface area (Å²) >= 11 is 1.49. The van der Waals surface area contributed by atoms with Crippen molar-refractivity contribution < 1.29 is 24.2 Å². The van der Waals surface area contributed by atoms with Gasteiger partial charge in [0.25, 0.3) is 5.91 Å². The maximum absolute atomic E-state index is 13.3. The number of carbonyl (C=O) groups is 2. The number of amides is 1. The van der Waals surface area contributed by atoms with Gasteiger partial charge in [0, 0.05) is 10.4 Å². The van der Waals surface area contributed by atoms with E-state index in [9.17, 15) is 9.59 Å². The summed E-state index contributed by atoms with van der Waals surface area (Å²) in [7, 11) is 1.61. The van der Waals surface area contributed by atoms with Gasteiger partial charge in [-0.05, 0) is 60.7 Å². The number of hydrogen-bond acceptors (Lipinski definition) is 5. The molecule has 0 saturated heterocycles. The molecule has 1 aromatic heterocycles. The van der Waals surface area contributed by atoms with Crippen LogP contribution >= 0.6 is 11.3 Å². The smallest absolute Gasteiger partial charge is 0.335 e. The fourth-order valence-electron chi connectivity index (χ4n) is 3.66. The van der Waals surface area contributed by atoms with Crippen LogP contribution in [0.1, 0.15) is 60.1 Å². The van der Waals surface area contributed by atoms with E-state index in [1.807, 2.05) is 31.2 Å². The van der Waals surface area contributed by atoms with Gasteiger partial charge in [-0.3, -0.25) is 4.79 Å². The van der Waals surface area contributed by atoms with Crippen molar-refractivity contribution >= 4 is 23.2 Å². The molecule has 1 aliphatic rings. The number of ether oxygens (including phenoxy) is 2. The van der Waals surface area contributed by atoms with Crippen molar-refractivity contribution in [3.63, 3.8) is 0 Å². The highest BCUT2D eigenvalue weighted by Gasteiger charge is 2.26. The largest absolute Gasteiger partial charge is 0.497 e. The molecule has 0 bridgehead atoms.